The van der Waals surface area contributed by atoms with E-state index in [0.717, 1.165) is 25.5 Å². The monoisotopic (exact) mass is 316 g/mol. The van der Waals surface area contributed by atoms with E-state index in [2.05, 4.69) is 10.0 Å². The zero-order chi connectivity index (χ0) is 15.5. The van der Waals surface area contributed by atoms with Crippen molar-refractivity contribution < 1.29 is 17.5 Å². The fourth-order valence-electron chi connectivity index (χ4n) is 2.64. The van der Waals surface area contributed by atoms with Crippen LogP contribution >= 0.6 is 0 Å². The smallest absolute Gasteiger partial charge is 0.240 e. The molecule has 0 aromatic heterocycles. The highest BCUT2D eigenvalue weighted by Gasteiger charge is 2.35. The zero-order valence-electron chi connectivity index (χ0n) is 12.3. The van der Waals surface area contributed by atoms with Gasteiger partial charge in [-0.1, -0.05) is 6.07 Å². The van der Waals surface area contributed by atoms with Crippen LogP contribution in [-0.2, 0) is 14.8 Å². The summed E-state index contributed by atoms with van der Waals surface area (Å²) in [6.07, 6.45) is 1.82. The van der Waals surface area contributed by atoms with E-state index >= 15 is 0 Å². The van der Waals surface area contributed by atoms with Gasteiger partial charge in [0.2, 0.25) is 10.0 Å². The summed E-state index contributed by atoms with van der Waals surface area (Å²) in [5.74, 6) is -0.563. The van der Waals surface area contributed by atoms with Crippen LogP contribution in [0.3, 0.4) is 0 Å². The Balaban J connectivity index is 2.15. The third-order valence-corrected chi connectivity index (χ3v) is 5.34. The first-order valence-electron chi connectivity index (χ1n) is 6.88. The number of hydrogen-bond donors (Lipinski definition) is 2. The Morgan fingerprint density at radius 3 is 2.86 bits per heavy atom. The van der Waals surface area contributed by atoms with Crippen molar-refractivity contribution in [3.8, 4) is 0 Å². The van der Waals surface area contributed by atoms with Crippen LogP contribution in [0.5, 0.6) is 0 Å². The van der Waals surface area contributed by atoms with Crippen molar-refractivity contribution in [2.24, 2.45) is 0 Å². The van der Waals surface area contributed by atoms with Crippen molar-refractivity contribution in [3.05, 3.63) is 29.6 Å². The number of methoxy groups -OCH3 is 1. The van der Waals surface area contributed by atoms with Gasteiger partial charge in [0.1, 0.15) is 5.82 Å². The van der Waals surface area contributed by atoms with Crippen molar-refractivity contribution in [2.75, 3.05) is 26.8 Å². The summed E-state index contributed by atoms with van der Waals surface area (Å²) in [6.45, 7) is 3.13. The van der Waals surface area contributed by atoms with Crippen molar-refractivity contribution in [1.29, 1.82) is 0 Å². The van der Waals surface area contributed by atoms with E-state index in [9.17, 15) is 12.8 Å². The van der Waals surface area contributed by atoms with Crippen molar-refractivity contribution in [3.63, 3.8) is 0 Å². The number of benzene rings is 1. The second-order valence-corrected chi connectivity index (χ2v) is 7.21. The van der Waals surface area contributed by atoms with Gasteiger partial charge in [0.05, 0.1) is 17.0 Å². The lowest BCUT2D eigenvalue weighted by Crippen LogP contribution is -2.52. The number of halogens is 1. The lowest BCUT2D eigenvalue weighted by molar-refractivity contribution is 0.122. The Morgan fingerprint density at radius 1 is 1.48 bits per heavy atom. The number of ether oxygens (including phenoxy) is 1. The van der Waals surface area contributed by atoms with E-state index < -0.39 is 15.8 Å². The second-order valence-electron chi connectivity index (χ2n) is 5.48. The molecule has 2 N–H and O–H groups in total. The maximum absolute atomic E-state index is 13.3. The minimum absolute atomic E-state index is 0.0203. The first-order chi connectivity index (χ1) is 9.88. The normalized spacial score (nSPS) is 22.6. The lowest BCUT2D eigenvalue weighted by atomic mass is 9.99. The molecular weight excluding hydrogens is 295 g/mol. The third kappa shape index (κ3) is 3.79. The summed E-state index contributed by atoms with van der Waals surface area (Å²) in [7, 11) is -2.15. The van der Waals surface area contributed by atoms with Crippen molar-refractivity contribution in [1.82, 2.24) is 10.0 Å². The topological polar surface area (TPSA) is 67.4 Å². The molecular formula is C14H21FN2O3S. The van der Waals surface area contributed by atoms with Crippen LogP contribution < -0.4 is 10.0 Å². The minimum atomic E-state index is -3.74. The molecule has 0 aliphatic carbocycles. The lowest BCUT2D eigenvalue weighted by Gasteiger charge is -2.29. The molecule has 0 bridgehead atoms. The van der Waals surface area contributed by atoms with Crippen LogP contribution in [0, 0.1) is 12.7 Å². The molecule has 1 fully saturated rings. The van der Waals surface area contributed by atoms with Crippen LogP contribution in [0.1, 0.15) is 18.4 Å². The molecule has 1 unspecified atom stereocenters. The first kappa shape index (κ1) is 16.4. The van der Waals surface area contributed by atoms with Crippen molar-refractivity contribution >= 4 is 10.0 Å². The molecule has 0 radical (unpaired) electrons. The molecule has 0 saturated carbocycles. The molecule has 7 heteroatoms. The second kappa shape index (κ2) is 6.39. The molecule has 1 aliphatic rings. The summed E-state index contributed by atoms with van der Waals surface area (Å²) in [6, 6.07) is 3.75. The minimum Gasteiger partial charge on any atom is -0.383 e. The molecule has 1 atom stereocenters. The van der Waals surface area contributed by atoms with Gasteiger partial charge in [0.25, 0.3) is 0 Å². The quantitative estimate of drug-likeness (QED) is 0.827. The Kier molecular flexibility index (Phi) is 4.98. The van der Waals surface area contributed by atoms with Crippen molar-refractivity contribution in [2.45, 2.75) is 30.2 Å². The number of hydrogen-bond acceptors (Lipinski definition) is 4. The van der Waals surface area contributed by atoms with Crippen LogP contribution in [0.25, 0.3) is 0 Å². The molecule has 21 heavy (non-hydrogen) atoms. The molecule has 1 aliphatic heterocycles. The zero-order valence-corrected chi connectivity index (χ0v) is 13.1. The molecule has 0 spiro atoms. The van der Waals surface area contributed by atoms with Gasteiger partial charge < -0.3 is 10.1 Å². The standard InChI is InChI=1S/C14H21FN2O3S/c1-11-4-5-12(15)8-13(11)21(18,19)17-9-14(10-20-2)6-3-7-16-14/h4-5,8,16-17H,3,6-7,9-10H2,1-2H3. The van der Waals surface area contributed by atoms with Crippen LogP contribution in [0.4, 0.5) is 4.39 Å². The largest absolute Gasteiger partial charge is 0.383 e. The highest BCUT2D eigenvalue weighted by molar-refractivity contribution is 7.89. The van der Waals surface area contributed by atoms with Gasteiger partial charge in [-0.2, -0.15) is 0 Å². The average Bonchev–Trinajstić information content (AvgIpc) is 2.89. The molecule has 0 amide bonds. The Morgan fingerprint density at radius 2 is 2.24 bits per heavy atom. The highest BCUT2D eigenvalue weighted by Crippen LogP contribution is 2.21. The number of rotatable bonds is 6. The van der Waals surface area contributed by atoms with E-state index in [0.29, 0.717) is 12.2 Å². The number of aryl methyl sites for hydroxylation is 1. The van der Waals surface area contributed by atoms with E-state index in [1.165, 1.54) is 12.1 Å². The highest BCUT2D eigenvalue weighted by atomic mass is 32.2. The van der Waals surface area contributed by atoms with Gasteiger partial charge in [-0.3, -0.25) is 0 Å². The van der Waals surface area contributed by atoms with Crippen LogP contribution in [0.15, 0.2) is 23.1 Å². The Hall–Kier alpha value is -1.02. The van der Waals surface area contributed by atoms with Gasteiger partial charge in [-0.15, -0.1) is 0 Å². The summed E-state index contributed by atoms with van der Waals surface area (Å²) in [4.78, 5) is -0.0203. The van der Waals surface area contributed by atoms with Crippen LogP contribution in [-0.4, -0.2) is 40.8 Å². The first-order valence-corrected chi connectivity index (χ1v) is 8.37. The fourth-order valence-corrected chi connectivity index (χ4v) is 4.03. The average molecular weight is 316 g/mol. The van der Waals surface area contributed by atoms with Crippen LogP contribution in [0.2, 0.25) is 0 Å². The third-order valence-electron chi connectivity index (χ3n) is 3.79. The summed E-state index contributed by atoms with van der Waals surface area (Å²) < 4.78 is 45.8. The maximum Gasteiger partial charge on any atom is 0.240 e. The van der Waals surface area contributed by atoms with Gasteiger partial charge in [0, 0.05) is 13.7 Å². The molecule has 1 heterocycles. The van der Waals surface area contributed by atoms with E-state index in [-0.39, 0.29) is 17.0 Å². The molecule has 5 nitrogen and oxygen atoms in total. The van der Waals surface area contributed by atoms with E-state index in [1.807, 2.05) is 0 Å². The Bertz CT molecular complexity index is 598. The molecule has 1 aromatic rings. The maximum atomic E-state index is 13.3. The fraction of sp³-hybridized carbons (Fsp3) is 0.571. The molecule has 1 aromatic carbocycles. The SMILES string of the molecule is COCC1(CNS(=O)(=O)c2cc(F)ccc2C)CCCN1. The Labute approximate surface area is 124 Å². The molecule has 118 valence electrons. The molecule has 1 saturated heterocycles. The van der Waals surface area contributed by atoms with Gasteiger partial charge in [-0.25, -0.2) is 17.5 Å². The predicted molar refractivity (Wildman–Crippen MR) is 78.2 cm³/mol. The van der Waals surface area contributed by atoms with Gasteiger partial charge >= 0.3 is 0 Å². The van der Waals surface area contributed by atoms with E-state index in [1.54, 1.807) is 14.0 Å². The molecule has 2 rings (SSSR count). The van der Waals surface area contributed by atoms with Gasteiger partial charge in [-0.05, 0) is 44.0 Å². The predicted octanol–water partition coefficient (Wildman–Crippen LogP) is 1.18. The summed E-state index contributed by atoms with van der Waals surface area (Å²) in [5, 5.41) is 3.30. The number of sulfonamides is 1. The van der Waals surface area contributed by atoms with Gasteiger partial charge in [0.15, 0.2) is 0 Å². The van der Waals surface area contributed by atoms with E-state index in [4.69, 9.17) is 4.74 Å². The number of nitrogens with one attached hydrogen (secondary N) is 2. The summed E-state index contributed by atoms with van der Waals surface area (Å²) in [5.41, 5.74) is 0.132. The summed E-state index contributed by atoms with van der Waals surface area (Å²) >= 11 is 0.